The van der Waals surface area contributed by atoms with Crippen molar-refractivity contribution in [1.29, 1.82) is 0 Å². The smallest absolute Gasteiger partial charge is 0.219 e. The number of hydrogen-bond donors (Lipinski definition) is 3. The molecule has 11 heteroatoms. The third kappa shape index (κ3) is 5.92. The van der Waals surface area contributed by atoms with Gasteiger partial charge in [-0.15, -0.1) is 0 Å². The molecule has 3 N–H and O–H groups in total. The van der Waals surface area contributed by atoms with Gasteiger partial charge in [0.05, 0.1) is 6.61 Å². The molecule has 0 saturated carbocycles. The number of aromatic nitrogens is 2. The number of ether oxygens (including phenoxy) is 1. The van der Waals surface area contributed by atoms with Crippen LogP contribution in [0.5, 0.6) is 5.88 Å². The van der Waals surface area contributed by atoms with Crippen LogP contribution in [0.2, 0.25) is 0 Å². The van der Waals surface area contributed by atoms with E-state index in [9.17, 15) is 13.9 Å². The normalized spacial score (nSPS) is 15.1. The largest absolute Gasteiger partial charge is 0.475 e. The first-order valence-corrected chi connectivity index (χ1v) is 10.4. The third-order valence-corrected chi connectivity index (χ3v) is 5.62. The maximum Gasteiger partial charge on any atom is 0.219 e. The van der Waals surface area contributed by atoms with Crippen molar-refractivity contribution < 1.29 is 23.7 Å². The van der Waals surface area contributed by atoms with E-state index in [-0.39, 0.29) is 23.8 Å². The van der Waals surface area contributed by atoms with E-state index in [1.807, 2.05) is 0 Å². The highest BCUT2D eigenvalue weighted by atomic mass is 32.2. The van der Waals surface area contributed by atoms with Gasteiger partial charge in [0.25, 0.3) is 0 Å². The highest BCUT2D eigenvalue weighted by Gasteiger charge is 2.16. The summed E-state index contributed by atoms with van der Waals surface area (Å²) in [6, 6.07) is 5.59. The maximum absolute atomic E-state index is 13.8. The molecule has 3 rings (SSSR count). The molecule has 1 aliphatic rings. The number of nitrogens with one attached hydrogen (secondary N) is 1. The Labute approximate surface area is 169 Å². The maximum atomic E-state index is 13.8. The Kier molecular flexibility index (Phi) is 7.68. The summed E-state index contributed by atoms with van der Waals surface area (Å²) in [6.07, 6.45) is 0.117. The van der Waals surface area contributed by atoms with E-state index >= 15 is 0 Å². The van der Waals surface area contributed by atoms with Crippen LogP contribution < -0.4 is 9.46 Å². The molecule has 7 nitrogen and oxygen atoms in total. The fourth-order valence-corrected chi connectivity index (χ4v) is 3.71. The molecule has 1 aliphatic heterocycles. The summed E-state index contributed by atoms with van der Waals surface area (Å²) in [6.45, 7) is 1.40. The molecule has 1 atom stereocenters. The minimum Gasteiger partial charge on any atom is -0.475 e. The summed E-state index contributed by atoms with van der Waals surface area (Å²) >= 11 is 2.55. The monoisotopic (exact) mass is 430 g/mol. The molecule has 0 bridgehead atoms. The number of aliphatic hydroxyl groups is 2. The van der Waals surface area contributed by atoms with Crippen molar-refractivity contribution in [1.82, 2.24) is 14.3 Å². The first-order valence-electron chi connectivity index (χ1n) is 8.59. The van der Waals surface area contributed by atoms with Crippen LogP contribution in [-0.2, 0) is 5.75 Å². The predicted octanol–water partition coefficient (Wildman–Crippen LogP) is 2.46. The predicted molar refractivity (Wildman–Crippen MR) is 104 cm³/mol. The molecule has 2 heterocycles. The molecule has 1 aromatic carbocycles. The van der Waals surface area contributed by atoms with Gasteiger partial charge in [-0.05, 0) is 12.5 Å². The summed E-state index contributed by atoms with van der Waals surface area (Å²) in [4.78, 5) is 8.59. The van der Waals surface area contributed by atoms with Gasteiger partial charge in [0.15, 0.2) is 16.8 Å². The van der Waals surface area contributed by atoms with E-state index in [0.29, 0.717) is 11.0 Å². The van der Waals surface area contributed by atoms with Crippen molar-refractivity contribution in [2.75, 3.05) is 31.0 Å². The molecule has 1 aromatic heterocycles. The summed E-state index contributed by atoms with van der Waals surface area (Å²) in [5, 5.41) is 18.7. The van der Waals surface area contributed by atoms with Crippen molar-refractivity contribution in [3.8, 4) is 5.88 Å². The fraction of sp³-hybridized carbons (Fsp3) is 0.412. The van der Waals surface area contributed by atoms with Crippen molar-refractivity contribution in [2.24, 2.45) is 0 Å². The van der Waals surface area contributed by atoms with E-state index in [0.717, 1.165) is 37.3 Å². The van der Waals surface area contributed by atoms with Crippen LogP contribution >= 0.6 is 23.9 Å². The van der Waals surface area contributed by atoms with Crippen LogP contribution in [-0.4, -0.2) is 56.9 Å². The molecule has 0 radical (unpaired) electrons. The number of anilines is 1. The average Bonchev–Trinajstić information content (AvgIpc) is 2.66. The highest BCUT2D eigenvalue weighted by Crippen LogP contribution is 2.27. The van der Waals surface area contributed by atoms with Crippen molar-refractivity contribution in [3.63, 3.8) is 0 Å². The summed E-state index contributed by atoms with van der Waals surface area (Å²) < 4.78 is 37.8. The Bertz CT molecular complexity index is 772. The molecule has 1 saturated heterocycles. The standard InChI is InChI=1S/C17H20F2N4O3S2/c18-13-4-1-3-11(16(13)19)10-27-17-20-14(22-28-23-5-2-6-23)7-15(21-17)26-9-12(25)8-24/h1,3-4,7,12,24-25H,2,5-6,8-10H2,(H,20,21,22). The molecule has 152 valence electrons. The van der Waals surface area contributed by atoms with Gasteiger partial charge in [-0.2, -0.15) is 4.98 Å². The first-order chi connectivity index (χ1) is 13.5. The lowest BCUT2D eigenvalue weighted by Gasteiger charge is -2.28. The number of rotatable bonds is 10. The number of thioether (sulfide) groups is 1. The third-order valence-electron chi connectivity index (χ3n) is 3.80. The second-order valence-corrected chi connectivity index (χ2v) is 7.84. The topological polar surface area (TPSA) is 90.7 Å². The molecule has 2 aromatic rings. The van der Waals surface area contributed by atoms with E-state index in [2.05, 4.69) is 19.0 Å². The zero-order valence-electron chi connectivity index (χ0n) is 14.8. The van der Waals surface area contributed by atoms with Crippen molar-refractivity contribution >= 4 is 29.7 Å². The zero-order chi connectivity index (χ0) is 19.9. The van der Waals surface area contributed by atoms with Crippen LogP contribution in [0.25, 0.3) is 0 Å². The molecule has 0 aliphatic carbocycles. The lowest BCUT2D eigenvalue weighted by molar-refractivity contribution is 0.0518. The number of halogens is 2. The van der Waals surface area contributed by atoms with Crippen LogP contribution in [0, 0.1) is 11.6 Å². The lowest BCUT2D eigenvalue weighted by Crippen LogP contribution is -2.31. The molecule has 1 unspecified atom stereocenters. The van der Waals surface area contributed by atoms with Gasteiger partial charge in [0.1, 0.15) is 18.5 Å². The second kappa shape index (κ2) is 10.2. The van der Waals surface area contributed by atoms with Gasteiger partial charge >= 0.3 is 0 Å². The van der Waals surface area contributed by atoms with E-state index in [1.165, 1.54) is 24.3 Å². The Morgan fingerprint density at radius 1 is 1.29 bits per heavy atom. The first kappa shape index (κ1) is 21.1. The Morgan fingerprint density at radius 3 is 2.82 bits per heavy atom. The lowest BCUT2D eigenvalue weighted by atomic mass is 10.2. The van der Waals surface area contributed by atoms with Gasteiger partial charge in [0, 0.05) is 42.6 Å². The van der Waals surface area contributed by atoms with Gasteiger partial charge in [-0.25, -0.2) is 18.1 Å². The molecular weight excluding hydrogens is 410 g/mol. The summed E-state index contributed by atoms with van der Waals surface area (Å²) in [7, 11) is 0. The number of nitrogens with zero attached hydrogens (tertiary/aromatic N) is 3. The van der Waals surface area contributed by atoms with Gasteiger partial charge < -0.3 is 19.7 Å². The average molecular weight is 431 g/mol. The van der Waals surface area contributed by atoms with Gasteiger partial charge in [-0.3, -0.25) is 0 Å². The molecule has 0 spiro atoms. The highest BCUT2D eigenvalue weighted by molar-refractivity contribution is 7.98. The molecule has 0 amide bonds. The molecule has 1 fully saturated rings. The molecule has 28 heavy (non-hydrogen) atoms. The quantitative estimate of drug-likeness (QED) is 0.299. The van der Waals surface area contributed by atoms with Crippen LogP contribution in [0.4, 0.5) is 14.6 Å². The van der Waals surface area contributed by atoms with E-state index in [4.69, 9.17) is 9.84 Å². The second-order valence-electron chi connectivity index (χ2n) is 6.00. The van der Waals surface area contributed by atoms with Crippen LogP contribution in [0.1, 0.15) is 12.0 Å². The van der Waals surface area contributed by atoms with Crippen molar-refractivity contribution in [2.45, 2.75) is 23.4 Å². The number of hydrogen-bond acceptors (Lipinski definition) is 9. The fourth-order valence-electron chi connectivity index (χ4n) is 2.12. The number of benzene rings is 1. The van der Waals surface area contributed by atoms with Crippen LogP contribution in [0.15, 0.2) is 29.4 Å². The zero-order valence-corrected chi connectivity index (χ0v) is 16.5. The van der Waals surface area contributed by atoms with Gasteiger partial charge in [0.2, 0.25) is 5.88 Å². The number of aliphatic hydroxyl groups excluding tert-OH is 2. The van der Waals surface area contributed by atoms with E-state index in [1.54, 1.807) is 6.07 Å². The summed E-state index contributed by atoms with van der Waals surface area (Å²) in [5.74, 6) is -0.952. The molecular formula is C17H20F2N4O3S2. The minimum absolute atomic E-state index is 0.130. The Morgan fingerprint density at radius 2 is 2.11 bits per heavy atom. The van der Waals surface area contributed by atoms with E-state index < -0.39 is 24.3 Å². The summed E-state index contributed by atoms with van der Waals surface area (Å²) in [5.41, 5.74) is 0.208. The van der Waals surface area contributed by atoms with Gasteiger partial charge in [-0.1, -0.05) is 23.9 Å². The Hall–Kier alpha value is -1.66. The Balaban J connectivity index is 1.70. The minimum atomic E-state index is -1.03. The van der Waals surface area contributed by atoms with Crippen LogP contribution in [0.3, 0.4) is 0 Å². The SMILES string of the molecule is OCC(O)COc1cc(NSN2CCC2)nc(SCc2cccc(F)c2F)n1. The van der Waals surface area contributed by atoms with Crippen molar-refractivity contribution in [3.05, 3.63) is 41.5 Å².